The summed E-state index contributed by atoms with van der Waals surface area (Å²) in [6.45, 7) is 7.04. The fraction of sp³-hybridized carbons (Fsp3) is 0.722. The van der Waals surface area contributed by atoms with Crippen LogP contribution in [0, 0.1) is 11.3 Å². The van der Waals surface area contributed by atoms with Crippen molar-refractivity contribution in [2.45, 2.75) is 32.4 Å². The zero-order valence-corrected chi connectivity index (χ0v) is 16.0. The molecule has 4 rings (SSSR count). The van der Waals surface area contributed by atoms with Crippen LogP contribution >= 0.6 is 0 Å². The van der Waals surface area contributed by atoms with E-state index in [1.165, 1.54) is 0 Å². The van der Waals surface area contributed by atoms with Crippen molar-refractivity contribution in [2.24, 2.45) is 23.4 Å². The molecule has 1 amide bonds. The lowest BCUT2D eigenvalue weighted by Crippen LogP contribution is -2.69. The van der Waals surface area contributed by atoms with Crippen LogP contribution in [-0.2, 0) is 16.6 Å². The minimum atomic E-state index is 0.0714. The molecule has 0 radical (unpaired) electrons. The van der Waals surface area contributed by atoms with Gasteiger partial charge in [-0.15, -0.1) is 0 Å². The Labute approximate surface area is 154 Å². The first-order chi connectivity index (χ1) is 12.4. The maximum Gasteiger partial charge on any atom is 0.246 e. The summed E-state index contributed by atoms with van der Waals surface area (Å²) in [6.07, 6.45) is 5.04. The lowest BCUT2D eigenvalue weighted by molar-refractivity contribution is -0.120. The Morgan fingerprint density at radius 1 is 1.42 bits per heavy atom. The third-order valence-electron chi connectivity index (χ3n) is 6.12. The summed E-state index contributed by atoms with van der Waals surface area (Å²) in [4.78, 5) is 21.0. The minimum Gasteiger partial charge on any atom is -0.377 e. The molecule has 3 aliphatic rings. The molecule has 1 aromatic rings. The van der Waals surface area contributed by atoms with E-state index in [0.29, 0.717) is 31.2 Å². The highest BCUT2D eigenvalue weighted by molar-refractivity contribution is 5.98. The number of carbonyl (C=O) groups excluding carboxylic acids is 1. The maximum absolute atomic E-state index is 12.7. The number of ether oxygens (including phenoxy) is 1. The second kappa shape index (κ2) is 6.26. The number of hydrogen-bond donors (Lipinski definition) is 1. The monoisotopic (exact) mass is 360 g/mol. The first kappa shape index (κ1) is 17.3. The van der Waals surface area contributed by atoms with Crippen LogP contribution in [0.3, 0.4) is 0 Å². The zero-order chi connectivity index (χ0) is 18.5. The Balaban J connectivity index is 1.42. The standard InChI is InChI=1S/C18H28N6O2/c1-18(2)15(13-5-8-26-16(13)18)21-17(19-3)23-6-7-24(14(25)11-23)12-9-20-22(4)10-12/h9-10,13,15-16H,5-8,11H2,1-4H3,(H,19,21). The molecule has 8 nitrogen and oxygen atoms in total. The molecule has 1 aromatic heterocycles. The summed E-state index contributed by atoms with van der Waals surface area (Å²) in [5.41, 5.74) is 0.935. The van der Waals surface area contributed by atoms with E-state index in [4.69, 9.17) is 4.74 Å². The van der Waals surface area contributed by atoms with E-state index in [2.05, 4.69) is 34.2 Å². The van der Waals surface area contributed by atoms with Gasteiger partial charge < -0.3 is 19.9 Å². The van der Waals surface area contributed by atoms with Crippen LogP contribution in [0.5, 0.6) is 0 Å². The van der Waals surface area contributed by atoms with Crippen LogP contribution in [-0.4, -0.2) is 72.0 Å². The highest BCUT2D eigenvalue weighted by Gasteiger charge is 2.59. The number of aliphatic imine (C=N–C) groups is 1. The number of carbonyl (C=O) groups is 1. The average Bonchev–Trinajstić information content (AvgIpc) is 3.23. The van der Waals surface area contributed by atoms with Gasteiger partial charge in [-0.25, -0.2) is 0 Å². The quantitative estimate of drug-likeness (QED) is 0.613. The van der Waals surface area contributed by atoms with Gasteiger partial charge in [0.1, 0.15) is 6.54 Å². The summed E-state index contributed by atoms with van der Waals surface area (Å²) < 4.78 is 7.59. The number of hydrogen-bond acceptors (Lipinski definition) is 4. The van der Waals surface area contributed by atoms with Gasteiger partial charge in [0.15, 0.2) is 5.96 Å². The normalized spacial score (nSPS) is 31.0. The maximum atomic E-state index is 12.7. The lowest BCUT2D eigenvalue weighted by Gasteiger charge is -2.55. The highest BCUT2D eigenvalue weighted by Crippen LogP contribution is 2.52. The van der Waals surface area contributed by atoms with Crippen molar-refractivity contribution >= 4 is 17.6 Å². The van der Waals surface area contributed by atoms with Crippen molar-refractivity contribution in [1.82, 2.24) is 20.0 Å². The predicted molar refractivity (Wildman–Crippen MR) is 99.0 cm³/mol. The van der Waals surface area contributed by atoms with E-state index < -0.39 is 0 Å². The van der Waals surface area contributed by atoms with Gasteiger partial charge in [-0.05, 0) is 6.42 Å². The number of nitrogens with one attached hydrogen (secondary N) is 1. The topological polar surface area (TPSA) is 75.0 Å². The molecule has 1 saturated carbocycles. The first-order valence-electron chi connectivity index (χ1n) is 9.30. The van der Waals surface area contributed by atoms with Crippen molar-refractivity contribution in [2.75, 3.05) is 38.2 Å². The number of amides is 1. The summed E-state index contributed by atoms with van der Waals surface area (Å²) in [6, 6.07) is 0.333. The minimum absolute atomic E-state index is 0.0714. The zero-order valence-electron chi connectivity index (χ0n) is 16.0. The third-order valence-corrected chi connectivity index (χ3v) is 6.12. The van der Waals surface area contributed by atoms with Gasteiger partial charge in [-0.1, -0.05) is 13.8 Å². The summed E-state index contributed by atoms with van der Waals surface area (Å²) >= 11 is 0. The molecule has 3 heterocycles. The van der Waals surface area contributed by atoms with Crippen molar-refractivity contribution in [1.29, 1.82) is 0 Å². The summed E-state index contributed by atoms with van der Waals surface area (Å²) in [5.74, 6) is 1.42. The van der Waals surface area contributed by atoms with Crippen molar-refractivity contribution < 1.29 is 9.53 Å². The summed E-state index contributed by atoms with van der Waals surface area (Å²) in [5, 5.41) is 7.79. The Morgan fingerprint density at radius 3 is 2.88 bits per heavy atom. The van der Waals surface area contributed by atoms with Crippen molar-refractivity contribution in [3.63, 3.8) is 0 Å². The number of nitrogens with zero attached hydrogens (tertiary/aromatic N) is 5. The van der Waals surface area contributed by atoms with Gasteiger partial charge in [-0.3, -0.25) is 14.5 Å². The van der Waals surface area contributed by atoms with Crippen LogP contribution in [0.4, 0.5) is 5.69 Å². The molecular weight excluding hydrogens is 332 g/mol. The van der Waals surface area contributed by atoms with E-state index in [1.807, 2.05) is 13.2 Å². The number of anilines is 1. The second-order valence-electron chi connectivity index (χ2n) is 8.07. The fourth-order valence-electron chi connectivity index (χ4n) is 4.73. The molecule has 0 spiro atoms. The highest BCUT2D eigenvalue weighted by atomic mass is 16.5. The largest absolute Gasteiger partial charge is 0.377 e. The Morgan fingerprint density at radius 2 is 2.23 bits per heavy atom. The predicted octanol–water partition coefficient (Wildman–Crippen LogP) is 0.458. The lowest BCUT2D eigenvalue weighted by atomic mass is 9.57. The van der Waals surface area contributed by atoms with Crippen LogP contribution in [0.1, 0.15) is 20.3 Å². The van der Waals surface area contributed by atoms with Crippen molar-refractivity contribution in [3.05, 3.63) is 12.4 Å². The van der Waals surface area contributed by atoms with E-state index in [0.717, 1.165) is 31.2 Å². The molecule has 2 saturated heterocycles. The molecule has 1 aliphatic carbocycles. The molecule has 1 N–H and O–H groups in total. The molecule has 8 heteroatoms. The van der Waals surface area contributed by atoms with E-state index in [9.17, 15) is 4.79 Å². The van der Waals surface area contributed by atoms with Gasteiger partial charge in [0.2, 0.25) is 5.91 Å². The molecule has 0 bridgehead atoms. The van der Waals surface area contributed by atoms with Gasteiger partial charge in [0, 0.05) is 57.4 Å². The molecule has 3 atom stereocenters. The van der Waals surface area contributed by atoms with E-state index in [-0.39, 0.29) is 11.3 Å². The van der Waals surface area contributed by atoms with Crippen LogP contribution in [0.15, 0.2) is 17.4 Å². The van der Waals surface area contributed by atoms with E-state index in [1.54, 1.807) is 22.8 Å². The molecular formula is C18H28N6O2. The molecule has 2 aliphatic heterocycles. The fourth-order valence-corrected chi connectivity index (χ4v) is 4.73. The smallest absolute Gasteiger partial charge is 0.246 e. The van der Waals surface area contributed by atoms with E-state index >= 15 is 0 Å². The molecule has 0 aromatic carbocycles. The number of rotatable bonds is 2. The van der Waals surface area contributed by atoms with Crippen LogP contribution < -0.4 is 10.2 Å². The molecule has 142 valence electrons. The number of aryl methyl sites for hydroxylation is 1. The number of guanidine groups is 1. The second-order valence-corrected chi connectivity index (χ2v) is 8.07. The van der Waals surface area contributed by atoms with Crippen molar-refractivity contribution in [3.8, 4) is 0 Å². The van der Waals surface area contributed by atoms with Gasteiger partial charge in [0.05, 0.1) is 18.0 Å². The van der Waals surface area contributed by atoms with Gasteiger partial charge in [0.25, 0.3) is 0 Å². The van der Waals surface area contributed by atoms with Gasteiger partial charge >= 0.3 is 0 Å². The number of aromatic nitrogens is 2. The SMILES string of the molecule is CN=C(NC1C2CCOC2C1(C)C)N1CCN(c2cnn(C)c2)C(=O)C1. The van der Waals surface area contributed by atoms with Crippen LogP contribution in [0.2, 0.25) is 0 Å². The number of piperazine rings is 1. The molecule has 3 unspecified atom stereocenters. The third kappa shape index (κ3) is 2.67. The van der Waals surface area contributed by atoms with Gasteiger partial charge in [-0.2, -0.15) is 5.10 Å². The Kier molecular flexibility index (Phi) is 4.17. The molecule has 3 fully saturated rings. The first-order valence-corrected chi connectivity index (χ1v) is 9.30. The Bertz CT molecular complexity index is 727. The average molecular weight is 360 g/mol. The van der Waals surface area contributed by atoms with Crippen LogP contribution in [0.25, 0.3) is 0 Å². The summed E-state index contributed by atoms with van der Waals surface area (Å²) in [7, 11) is 3.64. The number of fused-ring (bicyclic) bond motifs is 1. The Hall–Kier alpha value is -2.09. The molecule has 26 heavy (non-hydrogen) atoms.